The summed E-state index contributed by atoms with van der Waals surface area (Å²) in [5.41, 5.74) is 2.41. The smallest absolute Gasteiger partial charge is 0.0706 e. The molecule has 0 aromatic carbocycles. The van der Waals surface area contributed by atoms with Crippen LogP contribution in [0.3, 0.4) is 0 Å². The lowest BCUT2D eigenvalue weighted by atomic mass is 10.2. The molecule has 0 atom stereocenters. The van der Waals surface area contributed by atoms with Gasteiger partial charge in [-0.05, 0) is 23.6 Å². The lowest BCUT2D eigenvalue weighted by Crippen LogP contribution is -2.11. The molecule has 0 saturated heterocycles. The summed E-state index contributed by atoms with van der Waals surface area (Å²) in [6.45, 7) is 1.77. The zero-order chi connectivity index (χ0) is 11.5. The van der Waals surface area contributed by atoms with Crippen molar-refractivity contribution in [1.82, 2.24) is 14.9 Å². The van der Waals surface area contributed by atoms with Crippen LogP contribution in [0.15, 0.2) is 48.1 Å². The van der Waals surface area contributed by atoms with Crippen molar-refractivity contribution >= 4 is 16.9 Å². The van der Waals surface area contributed by atoms with Gasteiger partial charge in [0.05, 0.1) is 11.7 Å². The van der Waals surface area contributed by atoms with E-state index in [4.69, 9.17) is 0 Å². The summed E-state index contributed by atoms with van der Waals surface area (Å²) in [5, 5.41) is 9.86. The number of hydrogen-bond donors (Lipinski definition) is 1. The SMILES string of the molecule is c1csc(CNCc2cnn3ccccc23)c1. The Hall–Kier alpha value is -1.65. The molecule has 0 aliphatic carbocycles. The molecule has 0 spiro atoms. The molecule has 0 bridgehead atoms. The minimum atomic E-state index is 0.853. The number of aromatic nitrogens is 2. The topological polar surface area (TPSA) is 29.3 Å². The normalized spacial score (nSPS) is 11.1. The van der Waals surface area contributed by atoms with Crippen LogP contribution in [0.2, 0.25) is 0 Å². The third-order valence-corrected chi connectivity index (χ3v) is 3.58. The van der Waals surface area contributed by atoms with Crippen molar-refractivity contribution in [3.8, 4) is 0 Å². The van der Waals surface area contributed by atoms with E-state index in [-0.39, 0.29) is 0 Å². The number of fused-ring (bicyclic) bond motifs is 1. The highest BCUT2D eigenvalue weighted by atomic mass is 32.1. The monoisotopic (exact) mass is 243 g/mol. The number of hydrogen-bond acceptors (Lipinski definition) is 3. The second-order valence-corrected chi connectivity index (χ2v) is 4.92. The van der Waals surface area contributed by atoms with Gasteiger partial charge in [-0.25, -0.2) is 4.52 Å². The van der Waals surface area contributed by atoms with Crippen LogP contribution < -0.4 is 5.32 Å². The molecule has 0 fully saturated rings. The second-order valence-electron chi connectivity index (χ2n) is 3.88. The first kappa shape index (κ1) is 10.5. The summed E-state index contributed by atoms with van der Waals surface area (Å²) >= 11 is 1.78. The Bertz CT molecular complexity index is 598. The minimum absolute atomic E-state index is 0.853. The van der Waals surface area contributed by atoms with Crippen molar-refractivity contribution in [2.75, 3.05) is 0 Å². The molecule has 4 heteroatoms. The summed E-state index contributed by atoms with van der Waals surface area (Å²) in [4.78, 5) is 1.36. The fraction of sp³-hybridized carbons (Fsp3) is 0.154. The molecule has 3 rings (SSSR count). The summed E-state index contributed by atoms with van der Waals surface area (Å²) in [6, 6.07) is 10.3. The third kappa shape index (κ3) is 2.23. The van der Waals surface area contributed by atoms with Crippen molar-refractivity contribution in [3.63, 3.8) is 0 Å². The first-order chi connectivity index (χ1) is 8.43. The lowest BCUT2D eigenvalue weighted by Gasteiger charge is -2.01. The maximum absolute atomic E-state index is 4.31. The van der Waals surface area contributed by atoms with Crippen LogP contribution in [-0.4, -0.2) is 9.61 Å². The Morgan fingerprint density at radius 3 is 3.06 bits per heavy atom. The molecule has 0 radical (unpaired) electrons. The maximum atomic E-state index is 4.31. The molecule has 1 N–H and O–H groups in total. The molecule has 0 aliphatic heterocycles. The molecule has 86 valence electrons. The summed E-state index contributed by atoms with van der Waals surface area (Å²) < 4.78 is 1.90. The fourth-order valence-electron chi connectivity index (χ4n) is 1.86. The van der Waals surface area contributed by atoms with Crippen molar-refractivity contribution in [1.29, 1.82) is 0 Å². The summed E-state index contributed by atoms with van der Waals surface area (Å²) in [7, 11) is 0. The van der Waals surface area contributed by atoms with Gasteiger partial charge in [0.15, 0.2) is 0 Å². The summed E-state index contributed by atoms with van der Waals surface area (Å²) in [6.07, 6.45) is 3.90. The molecule has 0 aliphatic rings. The zero-order valence-corrected chi connectivity index (χ0v) is 10.2. The molecule has 0 unspecified atom stereocenters. The van der Waals surface area contributed by atoms with Gasteiger partial charge in [-0.15, -0.1) is 11.3 Å². The Labute approximate surface area is 104 Å². The maximum Gasteiger partial charge on any atom is 0.0706 e. The van der Waals surface area contributed by atoms with Crippen LogP contribution in [0.4, 0.5) is 0 Å². The Morgan fingerprint density at radius 1 is 1.18 bits per heavy atom. The quantitative estimate of drug-likeness (QED) is 0.763. The average Bonchev–Trinajstić information content (AvgIpc) is 2.99. The molecule has 0 amide bonds. The standard InChI is InChI=1S/C13H13N3S/c1-2-6-16-13(5-1)11(9-15-16)8-14-10-12-4-3-7-17-12/h1-7,9,14H,8,10H2. The van der Waals surface area contributed by atoms with E-state index in [9.17, 15) is 0 Å². The van der Waals surface area contributed by atoms with Crippen molar-refractivity contribution in [3.05, 3.63) is 58.5 Å². The Kier molecular flexibility index (Phi) is 2.90. The van der Waals surface area contributed by atoms with E-state index < -0.39 is 0 Å². The minimum Gasteiger partial charge on any atom is -0.308 e. The van der Waals surface area contributed by atoms with E-state index in [1.807, 2.05) is 29.0 Å². The molecule has 3 aromatic heterocycles. The van der Waals surface area contributed by atoms with Gasteiger partial charge in [0, 0.05) is 29.7 Å². The lowest BCUT2D eigenvalue weighted by molar-refractivity contribution is 0.704. The number of thiophene rings is 1. The van der Waals surface area contributed by atoms with Gasteiger partial charge in [-0.1, -0.05) is 12.1 Å². The van der Waals surface area contributed by atoms with Crippen molar-refractivity contribution in [2.24, 2.45) is 0 Å². The van der Waals surface area contributed by atoms with Crippen LogP contribution in [0.5, 0.6) is 0 Å². The van der Waals surface area contributed by atoms with E-state index in [1.165, 1.54) is 16.0 Å². The molecular weight excluding hydrogens is 230 g/mol. The van der Waals surface area contributed by atoms with Gasteiger partial charge in [0.25, 0.3) is 0 Å². The van der Waals surface area contributed by atoms with E-state index in [0.29, 0.717) is 0 Å². The Balaban J connectivity index is 1.69. The first-order valence-electron chi connectivity index (χ1n) is 5.58. The van der Waals surface area contributed by atoms with Crippen LogP contribution in [0.1, 0.15) is 10.4 Å². The predicted octanol–water partition coefficient (Wildman–Crippen LogP) is 2.69. The molecule has 3 nitrogen and oxygen atoms in total. The highest BCUT2D eigenvalue weighted by Crippen LogP contribution is 2.11. The first-order valence-corrected chi connectivity index (χ1v) is 6.46. The number of pyridine rings is 1. The third-order valence-electron chi connectivity index (χ3n) is 2.70. The summed E-state index contributed by atoms with van der Waals surface area (Å²) in [5.74, 6) is 0. The van der Waals surface area contributed by atoms with Crippen LogP contribution in [0, 0.1) is 0 Å². The van der Waals surface area contributed by atoms with E-state index in [2.05, 4.69) is 34.0 Å². The number of nitrogens with one attached hydrogen (secondary N) is 1. The average molecular weight is 243 g/mol. The molecular formula is C13H13N3S. The van der Waals surface area contributed by atoms with Gasteiger partial charge in [-0.3, -0.25) is 0 Å². The van der Waals surface area contributed by atoms with E-state index in [0.717, 1.165) is 13.1 Å². The van der Waals surface area contributed by atoms with Crippen LogP contribution in [0.25, 0.3) is 5.52 Å². The van der Waals surface area contributed by atoms with Gasteiger partial charge < -0.3 is 5.32 Å². The van der Waals surface area contributed by atoms with E-state index in [1.54, 1.807) is 11.3 Å². The van der Waals surface area contributed by atoms with Crippen molar-refractivity contribution < 1.29 is 0 Å². The highest BCUT2D eigenvalue weighted by Gasteiger charge is 2.02. The number of nitrogens with zero attached hydrogens (tertiary/aromatic N) is 2. The van der Waals surface area contributed by atoms with Gasteiger partial charge >= 0.3 is 0 Å². The second kappa shape index (κ2) is 4.69. The fourth-order valence-corrected chi connectivity index (χ4v) is 2.53. The predicted molar refractivity (Wildman–Crippen MR) is 70.1 cm³/mol. The van der Waals surface area contributed by atoms with E-state index >= 15 is 0 Å². The molecule has 3 heterocycles. The zero-order valence-electron chi connectivity index (χ0n) is 9.34. The van der Waals surface area contributed by atoms with Crippen LogP contribution >= 0.6 is 11.3 Å². The largest absolute Gasteiger partial charge is 0.308 e. The van der Waals surface area contributed by atoms with Gasteiger partial charge in [0.2, 0.25) is 0 Å². The van der Waals surface area contributed by atoms with Crippen molar-refractivity contribution in [2.45, 2.75) is 13.1 Å². The van der Waals surface area contributed by atoms with Gasteiger partial charge in [0.1, 0.15) is 0 Å². The number of rotatable bonds is 4. The molecule has 3 aromatic rings. The Morgan fingerprint density at radius 2 is 2.18 bits per heavy atom. The highest BCUT2D eigenvalue weighted by molar-refractivity contribution is 7.09. The van der Waals surface area contributed by atoms with Crippen LogP contribution in [-0.2, 0) is 13.1 Å². The molecule has 0 saturated carbocycles. The van der Waals surface area contributed by atoms with Gasteiger partial charge in [-0.2, -0.15) is 5.10 Å². The molecule has 17 heavy (non-hydrogen) atoms.